The number of benzene rings is 1. The number of halogens is 1. The number of nitrogens with zero attached hydrogens (tertiary/aromatic N) is 4. The Kier molecular flexibility index (Phi) is 4.94. The first kappa shape index (κ1) is 17.7. The van der Waals surface area contributed by atoms with Crippen LogP contribution in [-0.4, -0.2) is 32.5 Å². The molecule has 6 nitrogen and oxygen atoms in total. The van der Waals surface area contributed by atoms with Gasteiger partial charge in [0.05, 0.1) is 11.0 Å². The Morgan fingerprint density at radius 2 is 1.92 bits per heavy atom. The van der Waals surface area contributed by atoms with Gasteiger partial charge in [-0.3, -0.25) is 0 Å². The van der Waals surface area contributed by atoms with Gasteiger partial charge in [0.15, 0.2) is 11.5 Å². The van der Waals surface area contributed by atoms with Crippen molar-refractivity contribution in [2.24, 2.45) is 0 Å². The molecule has 0 saturated carbocycles. The van der Waals surface area contributed by atoms with Gasteiger partial charge in [0.2, 0.25) is 0 Å². The van der Waals surface area contributed by atoms with Crippen LogP contribution >= 0.6 is 15.9 Å². The van der Waals surface area contributed by atoms with Gasteiger partial charge in [-0.05, 0) is 47.1 Å². The molecule has 0 bridgehead atoms. The molecule has 3 rings (SSSR count). The van der Waals surface area contributed by atoms with Gasteiger partial charge in [0.1, 0.15) is 17.7 Å². The second kappa shape index (κ2) is 7.00. The molecule has 3 aromatic rings. The van der Waals surface area contributed by atoms with E-state index in [1.54, 1.807) is 4.52 Å². The molecule has 25 heavy (non-hydrogen) atoms. The van der Waals surface area contributed by atoms with Crippen molar-refractivity contribution in [2.45, 2.75) is 39.2 Å². The highest BCUT2D eigenvalue weighted by Gasteiger charge is 2.21. The summed E-state index contributed by atoms with van der Waals surface area (Å²) in [6.45, 7) is 8.94. The Balaban J connectivity index is 1.70. The van der Waals surface area contributed by atoms with E-state index in [9.17, 15) is 0 Å². The highest BCUT2D eigenvalue weighted by Crippen LogP contribution is 2.25. The summed E-state index contributed by atoms with van der Waals surface area (Å²) in [5.41, 5.74) is 0.620. The number of anilines is 1. The van der Waals surface area contributed by atoms with Crippen LogP contribution in [0.1, 0.15) is 33.5 Å². The van der Waals surface area contributed by atoms with Crippen LogP contribution in [0.25, 0.3) is 5.65 Å². The summed E-state index contributed by atoms with van der Waals surface area (Å²) < 4.78 is 8.69. The van der Waals surface area contributed by atoms with Gasteiger partial charge in [-0.1, -0.05) is 32.9 Å². The maximum absolute atomic E-state index is 5.95. The maximum Gasteiger partial charge on any atom is 0.178 e. The summed E-state index contributed by atoms with van der Waals surface area (Å²) in [5.74, 6) is 2.43. The van der Waals surface area contributed by atoms with Gasteiger partial charge in [0.25, 0.3) is 0 Å². The number of nitrogens with one attached hydrogen (secondary N) is 1. The van der Waals surface area contributed by atoms with Gasteiger partial charge in [0, 0.05) is 5.41 Å². The first-order chi connectivity index (χ1) is 11.8. The van der Waals surface area contributed by atoms with Crippen LogP contribution in [0.3, 0.4) is 0 Å². The summed E-state index contributed by atoms with van der Waals surface area (Å²) in [5, 5.41) is 16.4. The second-order valence-electron chi connectivity index (χ2n) is 7.00. The summed E-state index contributed by atoms with van der Waals surface area (Å²) >= 11 is 3.50. The fourth-order valence-electron chi connectivity index (χ4n) is 2.40. The third-order valence-corrected chi connectivity index (χ3v) is 4.32. The Labute approximate surface area is 155 Å². The number of aromatic nitrogens is 4. The van der Waals surface area contributed by atoms with Gasteiger partial charge in [-0.15, -0.1) is 15.3 Å². The van der Waals surface area contributed by atoms with E-state index >= 15 is 0 Å². The first-order valence-electron chi connectivity index (χ1n) is 8.22. The fraction of sp³-hybridized carbons (Fsp3) is 0.389. The number of ether oxygens (including phenoxy) is 1. The lowest BCUT2D eigenvalue weighted by atomic mass is 9.96. The minimum atomic E-state index is -0.124. The predicted molar refractivity (Wildman–Crippen MR) is 102 cm³/mol. The van der Waals surface area contributed by atoms with E-state index in [0.717, 1.165) is 27.5 Å². The first-order valence-corrected chi connectivity index (χ1v) is 9.02. The second-order valence-corrected chi connectivity index (χ2v) is 7.86. The summed E-state index contributed by atoms with van der Waals surface area (Å²) in [6.07, 6.45) is -0.0146. The zero-order valence-corrected chi connectivity index (χ0v) is 16.4. The molecule has 0 radical (unpaired) electrons. The molecule has 1 aromatic carbocycles. The molecular formula is C18H22BrN5O. The highest BCUT2D eigenvalue weighted by atomic mass is 79.9. The topological polar surface area (TPSA) is 64.3 Å². The van der Waals surface area contributed by atoms with Crippen LogP contribution in [-0.2, 0) is 5.41 Å². The molecule has 2 heterocycles. The number of fused-ring (bicyclic) bond motifs is 1. The largest absolute Gasteiger partial charge is 0.488 e. The third kappa shape index (κ3) is 4.10. The summed E-state index contributed by atoms with van der Waals surface area (Å²) in [4.78, 5) is 0. The van der Waals surface area contributed by atoms with Gasteiger partial charge in [-0.25, -0.2) is 0 Å². The molecular weight excluding hydrogens is 382 g/mol. The van der Waals surface area contributed by atoms with Crippen molar-refractivity contribution in [1.82, 2.24) is 19.8 Å². The summed E-state index contributed by atoms with van der Waals surface area (Å²) in [7, 11) is 0. The Hall–Kier alpha value is -2.15. The molecule has 0 saturated heterocycles. The lowest BCUT2D eigenvalue weighted by molar-refractivity contribution is 0.233. The molecule has 0 spiro atoms. The van der Waals surface area contributed by atoms with Crippen LogP contribution in [0, 0.1) is 0 Å². The maximum atomic E-state index is 5.95. The van der Waals surface area contributed by atoms with E-state index in [2.05, 4.69) is 57.3 Å². The Morgan fingerprint density at radius 3 is 2.64 bits per heavy atom. The Morgan fingerprint density at radius 1 is 1.16 bits per heavy atom. The van der Waals surface area contributed by atoms with Gasteiger partial charge in [-0.2, -0.15) is 4.52 Å². The number of hydrogen-bond donors (Lipinski definition) is 1. The molecule has 0 aliphatic carbocycles. The van der Waals surface area contributed by atoms with E-state index in [1.165, 1.54) is 0 Å². The minimum Gasteiger partial charge on any atom is -0.488 e. The quantitative estimate of drug-likeness (QED) is 0.695. The Bertz CT molecular complexity index is 871. The van der Waals surface area contributed by atoms with Crippen LogP contribution < -0.4 is 10.1 Å². The van der Waals surface area contributed by atoms with E-state index in [4.69, 9.17) is 4.74 Å². The summed E-state index contributed by atoms with van der Waals surface area (Å²) in [6, 6.07) is 11.6. The zero-order chi connectivity index (χ0) is 18.0. The molecule has 0 aliphatic rings. The standard InChI is InChI=1S/C18H22BrN5O/c1-12(25-14-8-6-5-7-13(14)19)11-20-15-9-10-16-21-22-17(18(2,3)4)24(16)23-15/h5-10,12H,11H2,1-4H3,(H,20,23). The lowest BCUT2D eigenvalue weighted by Crippen LogP contribution is -2.24. The van der Waals surface area contributed by atoms with Crippen molar-refractivity contribution >= 4 is 27.4 Å². The normalized spacial score (nSPS) is 13.0. The van der Waals surface area contributed by atoms with Crippen molar-refractivity contribution in [3.63, 3.8) is 0 Å². The molecule has 1 atom stereocenters. The zero-order valence-electron chi connectivity index (χ0n) is 14.8. The predicted octanol–water partition coefficient (Wildman–Crippen LogP) is 4.06. The van der Waals surface area contributed by atoms with E-state index in [1.807, 2.05) is 43.3 Å². The molecule has 0 fully saturated rings. The smallest absolute Gasteiger partial charge is 0.178 e. The molecule has 132 valence electrons. The number of hydrogen-bond acceptors (Lipinski definition) is 5. The number of para-hydroxylation sites is 1. The van der Waals surface area contributed by atoms with Crippen LogP contribution in [0.5, 0.6) is 5.75 Å². The SMILES string of the molecule is CC(CNc1ccc2nnc(C(C)(C)C)n2n1)Oc1ccccc1Br. The average molecular weight is 404 g/mol. The molecule has 1 unspecified atom stereocenters. The van der Waals surface area contributed by atoms with Gasteiger partial charge >= 0.3 is 0 Å². The molecule has 0 aliphatic heterocycles. The highest BCUT2D eigenvalue weighted by molar-refractivity contribution is 9.10. The van der Waals surface area contributed by atoms with E-state index in [0.29, 0.717) is 6.54 Å². The minimum absolute atomic E-state index is 0.0146. The monoisotopic (exact) mass is 403 g/mol. The molecule has 0 amide bonds. The molecule has 2 aromatic heterocycles. The lowest BCUT2D eigenvalue weighted by Gasteiger charge is -2.17. The molecule has 1 N–H and O–H groups in total. The van der Waals surface area contributed by atoms with Crippen molar-refractivity contribution in [1.29, 1.82) is 0 Å². The third-order valence-electron chi connectivity index (χ3n) is 3.67. The average Bonchev–Trinajstić information content (AvgIpc) is 2.98. The van der Waals surface area contributed by atoms with Crippen molar-refractivity contribution in [2.75, 3.05) is 11.9 Å². The van der Waals surface area contributed by atoms with Crippen LogP contribution in [0.4, 0.5) is 5.82 Å². The molecule has 7 heteroatoms. The van der Waals surface area contributed by atoms with Crippen molar-refractivity contribution in [3.05, 3.63) is 46.7 Å². The van der Waals surface area contributed by atoms with Crippen molar-refractivity contribution in [3.8, 4) is 5.75 Å². The van der Waals surface area contributed by atoms with Gasteiger partial charge < -0.3 is 10.1 Å². The number of rotatable bonds is 5. The van der Waals surface area contributed by atoms with Crippen molar-refractivity contribution < 1.29 is 4.74 Å². The van der Waals surface area contributed by atoms with E-state index in [-0.39, 0.29) is 11.5 Å². The fourth-order valence-corrected chi connectivity index (χ4v) is 2.78. The van der Waals surface area contributed by atoms with Crippen LogP contribution in [0.15, 0.2) is 40.9 Å². The van der Waals surface area contributed by atoms with Crippen LogP contribution in [0.2, 0.25) is 0 Å². The van der Waals surface area contributed by atoms with E-state index < -0.39 is 0 Å².